The predicted octanol–water partition coefficient (Wildman–Crippen LogP) is 2.53. The summed E-state index contributed by atoms with van der Waals surface area (Å²) in [7, 11) is 2.02. The lowest BCUT2D eigenvalue weighted by molar-refractivity contribution is 0.476. The Morgan fingerprint density at radius 2 is 2.47 bits per heavy atom. The molecular formula is C13H15N3S. The third kappa shape index (κ3) is 1.87. The highest BCUT2D eigenvalue weighted by Crippen LogP contribution is 2.40. The zero-order valence-corrected chi connectivity index (χ0v) is 10.6. The van der Waals surface area contributed by atoms with Gasteiger partial charge in [0.05, 0.1) is 11.6 Å². The molecule has 0 aliphatic heterocycles. The van der Waals surface area contributed by atoms with E-state index in [2.05, 4.69) is 21.4 Å². The second-order valence-electron chi connectivity index (χ2n) is 4.36. The first-order chi connectivity index (χ1) is 8.40. The van der Waals surface area contributed by atoms with Gasteiger partial charge in [0.1, 0.15) is 0 Å². The molecule has 2 unspecified atom stereocenters. The van der Waals surface area contributed by atoms with Crippen molar-refractivity contribution in [1.29, 1.82) is 0 Å². The van der Waals surface area contributed by atoms with E-state index in [1.54, 1.807) is 11.3 Å². The summed E-state index contributed by atoms with van der Waals surface area (Å²) in [5, 5.41) is 3.42. The molecule has 0 saturated carbocycles. The Morgan fingerprint density at radius 3 is 3.24 bits per heavy atom. The lowest BCUT2D eigenvalue weighted by Gasteiger charge is -2.21. The van der Waals surface area contributed by atoms with Gasteiger partial charge in [0, 0.05) is 28.9 Å². The number of nitrogens with zero attached hydrogens (tertiary/aromatic N) is 2. The topological polar surface area (TPSA) is 37.8 Å². The maximum absolute atomic E-state index is 4.56. The van der Waals surface area contributed by atoms with Crippen LogP contribution in [0.1, 0.15) is 34.5 Å². The Kier molecular flexibility index (Phi) is 2.91. The van der Waals surface area contributed by atoms with Gasteiger partial charge in [-0.05, 0) is 31.5 Å². The molecule has 0 aromatic carbocycles. The largest absolute Gasteiger partial charge is 0.312 e. The summed E-state index contributed by atoms with van der Waals surface area (Å²) in [6.07, 6.45) is 6.18. The number of nitrogens with one attached hydrogen (secondary N) is 1. The molecular weight excluding hydrogens is 230 g/mol. The Bertz CT molecular complexity index is 495. The average Bonchev–Trinajstić information content (AvgIpc) is 3.01. The fraction of sp³-hybridized carbons (Fsp3) is 0.385. The van der Waals surface area contributed by atoms with Gasteiger partial charge >= 0.3 is 0 Å². The van der Waals surface area contributed by atoms with E-state index in [-0.39, 0.29) is 0 Å². The van der Waals surface area contributed by atoms with Crippen LogP contribution in [0.15, 0.2) is 30.0 Å². The summed E-state index contributed by atoms with van der Waals surface area (Å²) < 4.78 is 0. The molecule has 0 fully saturated rings. The lowest BCUT2D eigenvalue weighted by atomic mass is 9.96. The highest BCUT2D eigenvalue weighted by atomic mass is 32.1. The minimum absolute atomic E-state index is 0.346. The number of rotatable bonds is 3. The van der Waals surface area contributed by atoms with Crippen LogP contribution < -0.4 is 5.32 Å². The standard InChI is InChI=1S/C13H15N3S/c1-14-13(11-7-15-8-17-11)10-5-4-9-3-2-6-16-12(9)10/h2-3,6-8,10,13-14H,4-5H2,1H3. The molecule has 17 heavy (non-hydrogen) atoms. The number of fused-ring (bicyclic) bond motifs is 1. The number of thiazole rings is 1. The predicted molar refractivity (Wildman–Crippen MR) is 69.2 cm³/mol. The maximum atomic E-state index is 4.56. The molecule has 4 heteroatoms. The zero-order valence-electron chi connectivity index (χ0n) is 9.76. The molecule has 1 N–H and O–H groups in total. The van der Waals surface area contributed by atoms with Crippen LogP contribution in [-0.2, 0) is 6.42 Å². The van der Waals surface area contributed by atoms with E-state index < -0.39 is 0 Å². The van der Waals surface area contributed by atoms with Crippen LogP contribution in [0.3, 0.4) is 0 Å². The summed E-state index contributed by atoms with van der Waals surface area (Å²) in [5.41, 5.74) is 4.57. The molecule has 1 aliphatic carbocycles. The second kappa shape index (κ2) is 4.55. The van der Waals surface area contributed by atoms with Gasteiger partial charge in [0.2, 0.25) is 0 Å². The third-order valence-corrected chi connectivity index (χ3v) is 4.33. The van der Waals surface area contributed by atoms with Crippen molar-refractivity contribution >= 4 is 11.3 Å². The van der Waals surface area contributed by atoms with Crippen LogP contribution in [0.4, 0.5) is 0 Å². The molecule has 0 spiro atoms. The van der Waals surface area contributed by atoms with Crippen LogP contribution in [0.2, 0.25) is 0 Å². The molecule has 88 valence electrons. The highest BCUT2D eigenvalue weighted by Gasteiger charge is 2.31. The number of aryl methyl sites for hydroxylation is 1. The monoisotopic (exact) mass is 245 g/mol. The Hall–Kier alpha value is -1.26. The van der Waals surface area contributed by atoms with E-state index in [0.717, 1.165) is 6.42 Å². The molecule has 3 rings (SSSR count). The number of likely N-dealkylation sites (N-methyl/N-ethyl adjacent to an activating group) is 1. The fourth-order valence-electron chi connectivity index (χ4n) is 2.69. The molecule has 3 nitrogen and oxygen atoms in total. The lowest BCUT2D eigenvalue weighted by Crippen LogP contribution is -2.22. The number of pyridine rings is 1. The third-order valence-electron chi connectivity index (χ3n) is 3.47. The second-order valence-corrected chi connectivity index (χ2v) is 5.28. The summed E-state index contributed by atoms with van der Waals surface area (Å²) in [5.74, 6) is 0.483. The van der Waals surface area contributed by atoms with Gasteiger partial charge in [-0.1, -0.05) is 6.07 Å². The van der Waals surface area contributed by atoms with Crippen molar-refractivity contribution in [3.63, 3.8) is 0 Å². The van der Waals surface area contributed by atoms with Crippen molar-refractivity contribution in [3.8, 4) is 0 Å². The first-order valence-electron chi connectivity index (χ1n) is 5.89. The van der Waals surface area contributed by atoms with E-state index >= 15 is 0 Å². The first kappa shape index (κ1) is 10.9. The van der Waals surface area contributed by atoms with Crippen molar-refractivity contribution in [3.05, 3.63) is 46.2 Å². The van der Waals surface area contributed by atoms with E-state index in [1.807, 2.05) is 31.0 Å². The van der Waals surface area contributed by atoms with Gasteiger partial charge in [-0.15, -0.1) is 11.3 Å². The van der Waals surface area contributed by atoms with Gasteiger partial charge in [0.15, 0.2) is 0 Å². The summed E-state index contributed by atoms with van der Waals surface area (Å²) in [4.78, 5) is 10.0. The highest BCUT2D eigenvalue weighted by molar-refractivity contribution is 7.09. The molecule has 0 saturated heterocycles. The van der Waals surface area contributed by atoms with Gasteiger partial charge in [-0.2, -0.15) is 0 Å². The summed E-state index contributed by atoms with van der Waals surface area (Å²) >= 11 is 1.72. The Balaban J connectivity index is 1.95. The van der Waals surface area contributed by atoms with Crippen molar-refractivity contribution in [2.24, 2.45) is 0 Å². The summed E-state index contributed by atoms with van der Waals surface area (Å²) in [6.45, 7) is 0. The molecule has 0 radical (unpaired) electrons. The first-order valence-corrected chi connectivity index (χ1v) is 6.77. The molecule has 2 aromatic rings. The molecule has 1 aliphatic rings. The Labute approximate surface area is 105 Å². The normalized spacial score (nSPS) is 20.2. The van der Waals surface area contributed by atoms with Crippen LogP contribution in [-0.4, -0.2) is 17.0 Å². The fourth-order valence-corrected chi connectivity index (χ4v) is 3.48. The molecule has 0 amide bonds. The van der Waals surface area contributed by atoms with E-state index in [1.165, 1.54) is 22.6 Å². The van der Waals surface area contributed by atoms with Crippen molar-refractivity contribution < 1.29 is 0 Å². The number of hydrogen-bond acceptors (Lipinski definition) is 4. The molecule has 2 aromatic heterocycles. The number of aromatic nitrogens is 2. The van der Waals surface area contributed by atoms with Crippen LogP contribution in [0, 0.1) is 0 Å². The van der Waals surface area contributed by atoms with Crippen LogP contribution >= 0.6 is 11.3 Å². The quantitative estimate of drug-likeness (QED) is 0.903. The van der Waals surface area contributed by atoms with Crippen molar-refractivity contribution in [2.45, 2.75) is 24.8 Å². The van der Waals surface area contributed by atoms with Gasteiger partial charge in [0.25, 0.3) is 0 Å². The minimum atomic E-state index is 0.346. The zero-order chi connectivity index (χ0) is 11.7. The van der Waals surface area contributed by atoms with Crippen LogP contribution in [0.25, 0.3) is 0 Å². The van der Waals surface area contributed by atoms with Crippen LogP contribution in [0.5, 0.6) is 0 Å². The molecule has 2 atom stereocenters. The van der Waals surface area contributed by atoms with Crippen molar-refractivity contribution in [1.82, 2.24) is 15.3 Å². The minimum Gasteiger partial charge on any atom is -0.312 e. The molecule has 2 heterocycles. The number of hydrogen-bond donors (Lipinski definition) is 1. The van der Waals surface area contributed by atoms with Gasteiger partial charge < -0.3 is 5.32 Å². The average molecular weight is 245 g/mol. The maximum Gasteiger partial charge on any atom is 0.0794 e. The van der Waals surface area contributed by atoms with Gasteiger partial charge in [-0.3, -0.25) is 9.97 Å². The SMILES string of the molecule is CNC(c1cncs1)C1CCc2cccnc21. The van der Waals surface area contributed by atoms with E-state index in [9.17, 15) is 0 Å². The summed E-state index contributed by atoms with van der Waals surface area (Å²) in [6, 6.07) is 4.57. The van der Waals surface area contributed by atoms with E-state index in [0.29, 0.717) is 12.0 Å². The smallest absolute Gasteiger partial charge is 0.0794 e. The van der Waals surface area contributed by atoms with Gasteiger partial charge in [-0.25, -0.2) is 0 Å². The Morgan fingerprint density at radius 1 is 1.53 bits per heavy atom. The van der Waals surface area contributed by atoms with Crippen molar-refractivity contribution in [2.75, 3.05) is 7.05 Å². The van der Waals surface area contributed by atoms with E-state index in [4.69, 9.17) is 0 Å². The molecule has 0 bridgehead atoms.